The third kappa shape index (κ3) is 3.04. The van der Waals surface area contributed by atoms with Gasteiger partial charge >= 0.3 is 0 Å². The van der Waals surface area contributed by atoms with E-state index in [1.165, 1.54) is 11.3 Å². The summed E-state index contributed by atoms with van der Waals surface area (Å²) in [5.74, 6) is 0. The Labute approximate surface area is 139 Å². The average molecular weight is 353 g/mol. The molecule has 1 heterocycles. The van der Waals surface area contributed by atoms with Gasteiger partial charge in [-0.1, -0.05) is 34.1 Å². The second-order valence-electron chi connectivity index (χ2n) is 5.26. The molecule has 0 saturated heterocycles. The maximum absolute atomic E-state index is 4.61. The summed E-state index contributed by atoms with van der Waals surface area (Å²) in [4.78, 5) is 4.61. The third-order valence-electron chi connectivity index (χ3n) is 3.61. The van der Waals surface area contributed by atoms with Gasteiger partial charge in [-0.2, -0.15) is 0 Å². The predicted octanol–water partition coefficient (Wildman–Crippen LogP) is 5.61. The van der Waals surface area contributed by atoms with Crippen molar-refractivity contribution in [1.29, 1.82) is 0 Å². The fraction of sp³-hybridized carbons (Fsp3) is 0.105. The Kier molecular flexibility index (Phi) is 4.25. The summed E-state index contributed by atoms with van der Waals surface area (Å²) in [6.07, 6.45) is 1.92. The molecule has 0 unspecified atom stereocenters. The normalized spacial score (nSPS) is 11.2. The highest BCUT2D eigenvalue weighted by atomic mass is 79.9. The first kappa shape index (κ1) is 14.8. The first-order valence-electron chi connectivity index (χ1n) is 7.19. The molecule has 0 aliphatic carbocycles. The second-order valence-corrected chi connectivity index (χ2v) is 6.12. The van der Waals surface area contributed by atoms with E-state index < -0.39 is 0 Å². The van der Waals surface area contributed by atoms with E-state index in [9.17, 15) is 0 Å². The first-order valence-corrected chi connectivity index (χ1v) is 7.98. The van der Waals surface area contributed by atoms with Crippen molar-refractivity contribution in [3.05, 3.63) is 82.1 Å². The van der Waals surface area contributed by atoms with E-state index in [0.29, 0.717) is 0 Å². The van der Waals surface area contributed by atoms with E-state index >= 15 is 0 Å². The Bertz CT molecular complexity index is 817. The van der Waals surface area contributed by atoms with Crippen LogP contribution in [0.15, 0.2) is 70.1 Å². The van der Waals surface area contributed by atoms with Crippen LogP contribution in [0.5, 0.6) is 0 Å². The molecule has 0 saturated carbocycles. The molecule has 0 aliphatic heterocycles. The van der Waals surface area contributed by atoms with Gasteiger partial charge in [-0.05, 0) is 61.9 Å². The standard InChI is InChI=1S/C19H17BrN2/c1-14-12-16(9-11-19(14)20)21-13-18-10-8-15(2)22(18)17-6-4-3-5-7-17/h3-13H,1-2H3. The number of nitrogens with zero attached hydrogens (tertiary/aromatic N) is 2. The van der Waals surface area contributed by atoms with Gasteiger partial charge in [0.2, 0.25) is 0 Å². The molecule has 1 aromatic heterocycles. The number of para-hydroxylation sites is 1. The van der Waals surface area contributed by atoms with E-state index in [1.807, 2.05) is 36.5 Å². The van der Waals surface area contributed by atoms with Crippen LogP contribution in [0.4, 0.5) is 5.69 Å². The van der Waals surface area contributed by atoms with Crippen molar-refractivity contribution in [1.82, 2.24) is 4.57 Å². The topological polar surface area (TPSA) is 17.3 Å². The molecule has 0 fully saturated rings. The maximum atomic E-state index is 4.61. The van der Waals surface area contributed by atoms with E-state index in [0.717, 1.165) is 21.5 Å². The van der Waals surface area contributed by atoms with Gasteiger partial charge in [0.25, 0.3) is 0 Å². The Morgan fingerprint density at radius 3 is 2.45 bits per heavy atom. The van der Waals surface area contributed by atoms with Crippen molar-refractivity contribution >= 4 is 27.8 Å². The molecule has 0 radical (unpaired) electrons. The fourth-order valence-electron chi connectivity index (χ4n) is 2.44. The number of hydrogen-bond donors (Lipinski definition) is 0. The van der Waals surface area contributed by atoms with Gasteiger partial charge in [0.05, 0.1) is 17.6 Å². The summed E-state index contributed by atoms with van der Waals surface area (Å²) >= 11 is 3.51. The first-order chi connectivity index (χ1) is 10.6. The Hall–Kier alpha value is -2.13. The van der Waals surface area contributed by atoms with Crippen molar-refractivity contribution in [2.75, 3.05) is 0 Å². The van der Waals surface area contributed by atoms with Crippen LogP contribution in [-0.4, -0.2) is 10.8 Å². The Morgan fingerprint density at radius 2 is 1.73 bits per heavy atom. The van der Waals surface area contributed by atoms with Crippen LogP contribution in [-0.2, 0) is 0 Å². The summed E-state index contributed by atoms with van der Waals surface area (Å²) in [7, 11) is 0. The minimum Gasteiger partial charge on any atom is -0.313 e. The summed E-state index contributed by atoms with van der Waals surface area (Å²) in [6.45, 7) is 4.17. The van der Waals surface area contributed by atoms with Crippen LogP contribution in [0.3, 0.4) is 0 Å². The summed E-state index contributed by atoms with van der Waals surface area (Å²) in [5.41, 5.74) is 5.56. The second kappa shape index (κ2) is 6.32. The molecule has 0 spiro atoms. The van der Waals surface area contributed by atoms with Gasteiger partial charge in [-0.15, -0.1) is 0 Å². The SMILES string of the molecule is Cc1cc(N=Cc2ccc(C)n2-c2ccccc2)ccc1Br. The van der Waals surface area contributed by atoms with Crippen molar-refractivity contribution in [3.8, 4) is 5.69 Å². The van der Waals surface area contributed by atoms with Crippen molar-refractivity contribution in [2.45, 2.75) is 13.8 Å². The molecule has 0 amide bonds. The molecule has 2 aromatic carbocycles. The molecule has 3 aromatic rings. The number of aryl methyl sites for hydroxylation is 2. The summed E-state index contributed by atoms with van der Waals surface area (Å²) in [5, 5.41) is 0. The average Bonchev–Trinajstić information content (AvgIpc) is 2.90. The number of benzene rings is 2. The number of halogens is 1. The lowest BCUT2D eigenvalue weighted by Gasteiger charge is -2.09. The zero-order chi connectivity index (χ0) is 15.5. The van der Waals surface area contributed by atoms with Gasteiger partial charge in [-0.3, -0.25) is 4.99 Å². The number of hydrogen-bond acceptors (Lipinski definition) is 1. The molecule has 3 heteroatoms. The molecule has 22 heavy (non-hydrogen) atoms. The number of rotatable bonds is 3. The molecule has 2 nitrogen and oxygen atoms in total. The van der Waals surface area contributed by atoms with Crippen LogP contribution in [0, 0.1) is 13.8 Å². The summed E-state index contributed by atoms with van der Waals surface area (Å²) < 4.78 is 3.31. The van der Waals surface area contributed by atoms with E-state index in [4.69, 9.17) is 0 Å². The highest BCUT2D eigenvalue weighted by molar-refractivity contribution is 9.10. The quantitative estimate of drug-likeness (QED) is 0.545. The largest absolute Gasteiger partial charge is 0.313 e. The molecule has 0 bridgehead atoms. The lowest BCUT2D eigenvalue weighted by Crippen LogP contribution is -2.00. The third-order valence-corrected chi connectivity index (χ3v) is 4.50. The molecule has 110 valence electrons. The molecular weight excluding hydrogens is 336 g/mol. The van der Waals surface area contributed by atoms with Crippen LogP contribution in [0.2, 0.25) is 0 Å². The number of aromatic nitrogens is 1. The van der Waals surface area contributed by atoms with Gasteiger partial charge in [0.1, 0.15) is 0 Å². The molecular formula is C19H17BrN2. The van der Waals surface area contributed by atoms with Gasteiger partial charge < -0.3 is 4.57 Å². The lowest BCUT2D eigenvalue weighted by molar-refractivity contribution is 1.01. The van der Waals surface area contributed by atoms with E-state index in [2.05, 4.69) is 69.7 Å². The van der Waals surface area contributed by atoms with Gasteiger partial charge in [0.15, 0.2) is 0 Å². The lowest BCUT2D eigenvalue weighted by atomic mass is 10.2. The van der Waals surface area contributed by atoms with Crippen LogP contribution in [0.25, 0.3) is 5.69 Å². The number of aliphatic imine (C=N–C) groups is 1. The zero-order valence-corrected chi connectivity index (χ0v) is 14.2. The van der Waals surface area contributed by atoms with Crippen LogP contribution < -0.4 is 0 Å². The van der Waals surface area contributed by atoms with E-state index in [1.54, 1.807) is 0 Å². The monoisotopic (exact) mass is 352 g/mol. The zero-order valence-electron chi connectivity index (χ0n) is 12.6. The molecule has 0 N–H and O–H groups in total. The highest BCUT2D eigenvalue weighted by Crippen LogP contribution is 2.22. The Morgan fingerprint density at radius 1 is 0.955 bits per heavy atom. The molecule has 3 rings (SSSR count). The van der Waals surface area contributed by atoms with Gasteiger partial charge in [-0.25, -0.2) is 0 Å². The minimum absolute atomic E-state index is 0.958. The fourth-order valence-corrected chi connectivity index (χ4v) is 2.69. The predicted molar refractivity (Wildman–Crippen MR) is 96.6 cm³/mol. The highest BCUT2D eigenvalue weighted by Gasteiger charge is 2.05. The van der Waals surface area contributed by atoms with Crippen molar-refractivity contribution in [2.24, 2.45) is 4.99 Å². The van der Waals surface area contributed by atoms with E-state index in [-0.39, 0.29) is 0 Å². The van der Waals surface area contributed by atoms with Crippen LogP contribution in [0.1, 0.15) is 17.0 Å². The van der Waals surface area contributed by atoms with Crippen LogP contribution >= 0.6 is 15.9 Å². The van der Waals surface area contributed by atoms with Gasteiger partial charge in [0, 0.05) is 15.9 Å². The Balaban J connectivity index is 1.96. The smallest absolute Gasteiger partial charge is 0.0641 e. The van der Waals surface area contributed by atoms with Crippen molar-refractivity contribution < 1.29 is 0 Å². The minimum atomic E-state index is 0.958. The molecule has 0 aliphatic rings. The summed E-state index contributed by atoms with van der Waals surface area (Å²) in [6, 6.07) is 20.7. The maximum Gasteiger partial charge on any atom is 0.0641 e. The van der Waals surface area contributed by atoms with Crippen molar-refractivity contribution in [3.63, 3.8) is 0 Å². The molecule has 0 atom stereocenters.